The molecule has 1 aromatic carbocycles. The molecule has 1 aromatic rings. The molecular formula is C11H12ClNO4. The molecule has 0 aliphatic heterocycles. The fourth-order valence-corrected chi connectivity index (χ4v) is 1.82. The summed E-state index contributed by atoms with van der Waals surface area (Å²) in [6.07, 6.45) is 0. The monoisotopic (exact) mass is 257 g/mol. The molecule has 0 amide bonds. The van der Waals surface area contributed by atoms with E-state index < -0.39 is 10.9 Å². The van der Waals surface area contributed by atoms with Crippen molar-refractivity contribution in [1.29, 1.82) is 0 Å². The van der Waals surface area contributed by atoms with E-state index in [-0.39, 0.29) is 29.3 Å². The van der Waals surface area contributed by atoms with Crippen LogP contribution in [0.15, 0.2) is 12.1 Å². The van der Waals surface area contributed by atoms with Crippen LogP contribution < -0.4 is 0 Å². The number of nitro groups is 1. The summed E-state index contributed by atoms with van der Waals surface area (Å²) >= 11 is 5.69. The van der Waals surface area contributed by atoms with Gasteiger partial charge in [0, 0.05) is 6.07 Å². The van der Waals surface area contributed by atoms with E-state index in [9.17, 15) is 14.9 Å². The summed E-state index contributed by atoms with van der Waals surface area (Å²) in [5.41, 5.74) is 0.851. The molecule has 0 atom stereocenters. The number of benzene rings is 1. The fraction of sp³-hybridized carbons (Fsp3) is 0.364. The Kier molecular flexibility index (Phi) is 4.45. The molecule has 0 saturated carbocycles. The molecule has 0 radical (unpaired) electrons. The molecule has 1 rings (SSSR count). The first-order chi connectivity index (χ1) is 8.02. The van der Waals surface area contributed by atoms with Crippen LogP contribution >= 0.6 is 11.6 Å². The molecule has 0 heterocycles. The first-order valence-corrected chi connectivity index (χ1v) is 5.56. The predicted octanol–water partition coefficient (Wildman–Crippen LogP) is 2.82. The highest BCUT2D eigenvalue weighted by Gasteiger charge is 2.23. The minimum absolute atomic E-state index is 0.105. The van der Waals surface area contributed by atoms with Gasteiger partial charge in [0.15, 0.2) is 0 Å². The van der Waals surface area contributed by atoms with Gasteiger partial charge in [-0.1, -0.05) is 6.07 Å². The molecule has 0 spiro atoms. The summed E-state index contributed by atoms with van der Waals surface area (Å²) in [5.74, 6) is -0.684. The number of alkyl halides is 1. The summed E-state index contributed by atoms with van der Waals surface area (Å²) in [6.45, 7) is 3.57. The third-order valence-electron chi connectivity index (χ3n) is 2.31. The number of hydrogen-bond donors (Lipinski definition) is 0. The second kappa shape index (κ2) is 5.63. The molecule has 0 N–H and O–H groups in total. The van der Waals surface area contributed by atoms with E-state index in [0.29, 0.717) is 5.56 Å². The van der Waals surface area contributed by atoms with E-state index >= 15 is 0 Å². The second-order valence-electron chi connectivity index (χ2n) is 3.37. The van der Waals surface area contributed by atoms with Crippen molar-refractivity contribution in [3.63, 3.8) is 0 Å². The van der Waals surface area contributed by atoms with Crippen molar-refractivity contribution in [3.05, 3.63) is 38.9 Å². The fourth-order valence-electron chi connectivity index (χ4n) is 1.55. The average Bonchev–Trinajstić information content (AvgIpc) is 2.28. The zero-order chi connectivity index (χ0) is 13.0. The molecule has 0 aromatic heterocycles. The summed E-state index contributed by atoms with van der Waals surface area (Å²) < 4.78 is 4.87. The van der Waals surface area contributed by atoms with Crippen LogP contribution in [0, 0.1) is 17.0 Å². The van der Waals surface area contributed by atoms with Crippen LogP contribution in [0.25, 0.3) is 0 Å². The van der Waals surface area contributed by atoms with Gasteiger partial charge in [-0.15, -0.1) is 11.6 Å². The maximum atomic E-state index is 11.7. The SMILES string of the molecule is CCOC(=O)c1c(C)ccc([N+](=O)[O-])c1CCl. The Morgan fingerprint density at radius 2 is 2.18 bits per heavy atom. The quantitative estimate of drug-likeness (QED) is 0.360. The summed E-state index contributed by atoms with van der Waals surface area (Å²) in [4.78, 5) is 22.0. The summed E-state index contributed by atoms with van der Waals surface area (Å²) in [5, 5.41) is 10.8. The van der Waals surface area contributed by atoms with Crippen molar-refractivity contribution < 1.29 is 14.5 Å². The Hall–Kier alpha value is -1.62. The first-order valence-electron chi connectivity index (χ1n) is 5.02. The predicted molar refractivity (Wildman–Crippen MR) is 63.3 cm³/mol. The van der Waals surface area contributed by atoms with Gasteiger partial charge in [0.25, 0.3) is 5.69 Å². The Morgan fingerprint density at radius 1 is 1.53 bits per heavy atom. The minimum Gasteiger partial charge on any atom is -0.462 e. The number of carbonyl (C=O) groups is 1. The van der Waals surface area contributed by atoms with E-state index in [0.717, 1.165) is 0 Å². The van der Waals surface area contributed by atoms with Crippen LogP contribution in [0.5, 0.6) is 0 Å². The van der Waals surface area contributed by atoms with Crippen LogP contribution in [0.3, 0.4) is 0 Å². The van der Waals surface area contributed by atoms with Gasteiger partial charge in [0.2, 0.25) is 0 Å². The standard InChI is InChI=1S/C11H12ClNO4/c1-3-17-11(14)10-7(2)4-5-9(13(15)16)8(10)6-12/h4-5H,3,6H2,1-2H3. The van der Waals surface area contributed by atoms with E-state index in [1.54, 1.807) is 13.8 Å². The number of rotatable bonds is 4. The number of halogens is 1. The molecule has 0 aliphatic rings. The third kappa shape index (κ3) is 2.74. The zero-order valence-corrected chi connectivity index (χ0v) is 10.3. The Labute approximate surface area is 103 Å². The van der Waals surface area contributed by atoms with Crippen molar-refractivity contribution >= 4 is 23.3 Å². The number of aryl methyl sites for hydroxylation is 1. The number of hydrogen-bond acceptors (Lipinski definition) is 4. The maximum Gasteiger partial charge on any atom is 0.338 e. The van der Waals surface area contributed by atoms with Crippen molar-refractivity contribution in [2.24, 2.45) is 0 Å². The van der Waals surface area contributed by atoms with Crippen molar-refractivity contribution in [2.75, 3.05) is 6.61 Å². The van der Waals surface area contributed by atoms with Crippen molar-refractivity contribution in [2.45, 2.75) is 19.7 Å². The van der Waals surface area contributed by atoms with Gasteiger partial charge >= 0.3 is 5.97 Å². The van der Waals surface area contributed by atoms with Gasteiger partial charge < -0.3 is 4.74 Å². The lowest BCUT2D eigenvalue weighted by Gasteiger charge is -2.10. The van der Waals surface area contributed by atoms with E-state index in [1.807, 2.05) is 0 Å². The molecular weight excluding hydrogens is 246 g/mol. The molecule has 6 heteroatoms. The lowest BCUT2D eigenvalue weighted by molar-refractivity contribution is -0.385. The van der Waals surface area contributed by atoms with Gasteiger partial charge in [0.1, 0.15) is 0 Å². The van der Waals surface area contributed by atoms with Gasteiger partial charge in [-0.05, 0) is 19.4 Å². The average molecular weight is 258 g/mol. The van der Waals surface area contributed by atoms with Gasteiger partial charge in [-0.25, -0.2) is 4.79 Å². The Morgan fingerprint density at radius 3 is 2.65 bits per heavy atom. The molecule has 5 nitrogen and oxygen atoms in total. The number of nitrogens with zero attached hydrogens (tertiary/aromatic N) is 1. The number of nitro benzene ring substituents is 1. The molecule has 0 unspecified atom stereocenters. The first kappa shape index (κ1) is 13.4. The van der Waals surface area contributed by atoms with Gasteiger partial charge in [0.05, 0.1) is 28.5 Å². The maximum absolute atomic E-state index is 11.7. The molecule has 0 aliphatic carbocycles. The van der Waals surface area contributed by atoms with Crippen molar-refractivity contribution in [3.8, 4) is 0 Å². The van der Waals surface area contributed by atoms with Gasteiger partial charge in [-0.3, -0.25) is 10.1 Å². The van der Waals surface area contributed by atoms with Crippen LogP contribution in [0.1, 0.15) is 28.4 Å². The third-order valence-corrected chi connectivity index (χ3v) is 2.57. The Bertz CT molecular complexity index is 459. The molecule has 0 saturated heterocycles. The highest BCUT2D eigenvalue weighted by atomic mass is 35.5. The highest BCUT2D eigenvalue weighted by Crippen LogP contribution is 2.27. The van der Waals surface area contributed by atoms with E-state index in [4.69, 9.17) is 16.3 Å². The highest BCUT2D eigenvalue weighted by molar-refractivity contribution is 6.18. The molecule has 0 fully saturated rings. The van der Waals surface area contributed by atoms with E-state index in [1.165, 1.54) is 12.1 Å². The molecule has 0 bridgehead atoms. The molecule has 17 heavy (non-hydrogen) atoms. The topological polar surface area (TPSA) is 69.4 Å². The van der Waals surface area contributed by atoms with Crippen LogP contribution in [-0.2, 0) is 10.6 Å². The van der Waals surface area contributed by atoms with Crippen LogP contribution in [-0.4, -0.2) is 17.5 Å². The molecule has 92 valence electrons. The van der Waals surface area contributed by atoms with Crippen molar-refractivity contribution in [1.82, 2.24) is 0 Å². The summed E-state index contributed by atoms with van der Waals surface area (Å²) in [6, 6.07) is 2.86. The zero-order valence-electron chi connectivity index (χ0n) is 9.53. The van der Waals surface area contributed by atoms with Crippen LogP contribution in [0.2, 0.25) is 0 Å². The lowest BCUT2D eigenvalue weighted by atomic mass is 10.0. The lowest BCUT2D eigenvalue weighted by Crippen LogP contribution is -2.11. The van der Waals surface area contributed by atoms with E-state index in [2.05, 4.69) is 0 Å². The normalized spacial score (nSPS) is 10.1. The smallest absolute Gasteiger partial charge is 0.338 e. The van der Waals surface area contributed by atoms with Crippen LogP contribution in [0.4, 0.5) is 5.69 Å². The van der Waals surface area contributed by atoms with Gasteiger partial charge in [-0.2, -0.15) is 0 Å². The number of ether oxygens (including phenoxy) is 1. The number of esters is 1. The second-order valence-corrected chi connectivity index (χ2v) is 3.63. The Balaban J connectivity index is 3.40. The summed E-state index contributed by atoms with van der Waals surface area (Å²) in [7, 11) is 0. The largest absolute Gasteiger partial charge is 0.462 e. The number of carbonyl (C=O) groups excluding carboxylic acids is 1. The minimum atomic E-state index is -0.579.